The van der Waals surface area contributed by atoms with Crippen molar-refractivity contribution in [2.45, 2.75) is 12.7 Å². The van der Waals surface area contributed by atoms with Gasteiger partial charge in [-0.05, 0) is 24.3 Å². The minimum atomic E-state index is -4.80. The van der Waals surface area contributed by atoms with Crippen LogP contribution in [0.5, 0.6) is 11.5 Å². The highest BCUT2D eigenvalue weighted by atomic mass is 32.1. The molecule has 4 rings (SSSR count). The maximum absolute atomic E-state index is 12.4. The van der Waals surface area contributed by atoms with Crippen molar-refractivity contribution in [3.05, 3.63) is 48.5 Å². The van der Waals surface area contributed by atoms with Crippen LogP contribution >= 0.6 is 22.7 Å². The first-order valence-corrected chi connectivity index (χ1v) is 9.69. The van der Waals surface area contributed by atoms with Crippen molar-refractivity contribution in [1.29, 1.82) is 0 Å². The second-order valence-corrected chi connectivity index (χ2v) is 7.75. The van der Waals surface area contributed by atoms with Crippen LogP contribution in [0.1, 0.15) is 0 Å². The molecular formula is C18H8F6N2O2S2. The maximum atomic E-state index is 12.4. The summed E-state index contributed by atoms with van der Waals surface area (Å²) in [6, 6.07) is 10.8. The Balaban J connectivity index is 1.61. The van der Waals surface area contributed by atoms with E-state index in [1.54, 1.807) is 12.1 Å². The lowest BCUT2D eigenvalue weighted by Crippen LogP contribution is -2.17. The van der Waals surface area contributed by atoms with E-state index in [4.69, 9.17) is 0 Å². The molecule has 0 saturated heterocycles. The third-order valence-electron chi connectivity index (χ3n) is 3.60. The highest BCUT2D eigenvalue weighted by Gasteiger charge is 2.32. The lowest BCUT2D eigenvalue weighted by atomic mass is 10.2. The van der Waals surface area contributed by atoms with Crippen LogP contribution in [-0.2, 0) is 0 Å². The van der Waals surface area contributed by atoms with Gasteiger partial charge in [0.25, 0.3) is 0 Å². The van der Waals surface area contributed by atoms with Crippen LogP contribution < -0.4 is 9.47 Å². The molecule has 156 valence electrons. The number of hydrogen-bond acceptors (Lipinski definition) is 6. The first-order chi connectivity index (χ1) is 14.1. The minimum Gasteiger partial charge on any atom is -0.406 e. The van der Waals surface area contributed by atoms with Crippen LogP contribution in [0.4, 0.5) is 26.3 Å². The molecule has 0 saturated carbocycles. The molecule has 2 aromatic heterocycles. The van der Waals surface area contributed by atoms with Gasteiger partial charge in [-0.25, -0.2) is 9.97 Å². The van der Waals surface area contributed by atoms with Crippen molar-refractivity contribution in [3.63, 3.8) is 0 Å². The molecule has 0 bridgehead atoms. The third-order valence-corrected chi connectivity index (χ3v) is 5.73. The van der Waals surface area contributed by atoms with Gasteiger partial charge in [0.2, 0.25) is 0 Å². The number of alkyl halides is 6. The number of ether oxygens (including phenoxy) is 2. The second-order valence-electron chi connectivity index (χ2n) is 5.80. The molecule has 2 heterocycles. The van der Waals surface area contributed by atoms with E-state index in [0.717, 1.165) is 22.7 Å². The van der Waals surface area contributed by atoms with E-state index < -0.39 is 12.7 Å². The lowest BCUT2D eigenvalue weighted by molar-refractivity contribution is -0.275. The summed E-state index contributed by atoms with van der Waals surface area (Å²) in [7, 11) is 0. The summed E-state index contributed by atoms with van der Waals surface area (Å²) >= 11 is 2.29. The number of thiazole rings is 2. The number of halogens is 6. The van der Waals surface area contributed by atoms with Crippen LogP contribution in [0.3, 0.4) is 0 Å². The fourth-order valence-corrected chi connectivity index (χ4v) is 4.58. The molecule has 0 aliphatic rings. The zero-order chi connectivity index (χ0) is 21.5. The molecule has 0 aliphatic heterocycles. The molecule has 0 atom stereocenters. The summed E-state index contributed by atoms with van der Waals surface area (Å²) in [5, 5.41) is 0.883. The molecule has 2 aromatic carbocycles. The number of fused-ring (bicyclic) bond motifs is 1. The number of aromatic nitrogens is 2. The smallest absolute Gasteiger partial charge is 0.406 e. The highest BCUT2D eigenvalue weighted by molar-refractivity contribution is 7.29. The molecule has 0 fully saturated rings. The normalized spacial score (nSPS) is 12.3. The van der Waals surface area contributed by atoms with Crippen molar-refractivity contribution in [3.8, 4) is 32.6 Å². The van der Waals surface area contributed by atoms with Gasteiger partial charge in [-0.15, -0.1) is 26.3 Å². The largest absolute Gasteiger partial charge is 0.573 e. The van der Waals surface area contributed by atoms with Crippen LogP contribution in [0.25, 0.3) is 30.8 Å². The van der Waals surface area contributed by atoms with Crippen molar-refractivity contribution in [2.24, 2.45) is 0 Å². The Kier molecular flexibility index (Phi) is 5.06. The van der Waals surface area contributed by atoms with E-state index in [0.29, 0.717) is 30.8 Å². The predicted molar refractivity (Wildman–Crippen MR) is 99.5 cm³/mol. The minimum absolute atomic E-state index is 0.367. The average Bonchev–Trinajstić information content (AvgIpc) is 3.18. The van der Waals surface area contributed by atoms with Gasteiger partial charge in [-0.3, -0.25) is 0 Å². The Hall–Kier alpha value is -2.86. The van der Waals surface area contributed by atoms with Gasteiger partial charge in [-0.2, -0.15) is 0 Å². The highest BCUT2D eigenvalue weighted by Crippen LogP contribution is 2.38. The Morgan fingerprint density at radius 1 is 0.633 bits per heavy atom. The van der Waals surface area contributed by atoms with E-state index >= 15 is 0 Å². The summed E-state index contributed by atoms with van der Waals surface area (Å²) in [5.74, 6) is -0.734. The van der Waals surface area contributed by atoms with Crippen LogP contribution in [0.2, 0.25) is 0 Å². The van der Waals surface area contributed by atoms with Gasteiger partial charge >= 0.3 is 12.7 Å². The first-order valence-electron chi connectivity index (χ1n) is 8.05. The van der Waals surface area contributed by atoms with Gasteiger partial charge < -0.3 is 9.47 Å². The summed E-state index contributed by atoms with van der Waals surface area (Å²) in [6.07, 6.45) is -9.61. The molecule has 0 N–H and O–H groups in total. The monoisotopic (exact) mass is 462 g/mol. The molecule has 0 spiro atoms. The molecule has 0 aliphatic carbocycles. The number of hydrogen-bond donors (Lipinski definition) is 0. The summed E-state index contributed by atoms with van der Waals surface area (Å²) in [6.45, 7) is 0. The molecule has 0 amide bonds. The molecule has 30 heavy (non-hydrogen) atoms. The molecule has 12 heteroatoms. The number of benzene rings is 2. The molecule has 4 nitrogen and oxygen atoms in total. The Labute approximate surface area is 172 Å². The summed E-state index contributed by atoms with van der Waals surface area (Å²) in [5.41, 5.74) is 0.850. The standard InChI is InChI=1S/C18H8F6N2O2S2/c19-17(20,21)27-11-5-1-3-9(7-11)13-25-15-16(29-13)26-14(30-15)10-4-2-6-12(8-10)28-18(22,23)24/h1-8H. The van der Waals surface area contributed by atoms with E-state index in [-0.39, 0.29) is 11.5 Å². The fraction of sp³-hybridized carbons (Fsp3) is 0.111. The SMILES string of the molecule is FC(F)(F)Oc1cccc(-c2nc3sc(-c4cccc(OC(F)(F)F)c4)nc3s2)c1. The van der Waals surface area contributed by atoms with E-state index in [2.05, 4.69) is 19.4 Å². The number of nitrogens with zero attached hydrogens (tertiary/aromatic N) is 2. The first kappa shape index (κ1) is 20.4. The predicted octanol–water partition coefficient (Wildman–Crippen LogP) is 6.88. The topological polar surface area (TPSA) is 44.2 Å². The van der Waals surface area contributed by atoms with Crippen molar-refractivity contribution in [1.82, 2.24) is 9.97 Å². The Morgan fingerprint density at radius 2 is 1.03 bits per heavy atom. The van der Waals surface area contributed by atoms with E-state index in [1.807, 2.05) is 0 Å². The quantitative estimate of drug-likeness (QED) is 0.310. The Bertz CT molecular complexity index is 1080. The molecular weight excluding hydrogens is 454 g/mol. The second kappa shape index (κ2) is 7.43. The van der Waals surface area contributed by atoms with Crippen LogP contribution in [0.15, 0.2) is 48.5 Å². The van der Waals surface area contributed by atoms with Crippen LogP contribution in [-0.4, -0.2) is 22.7 Å². The number of rotatable bonds is 4. The third kappa shape index (κ3) is 4.82. The van der Waals surface area contributed by atoms with Gasteiger partial charge in [0.05, 0.1) is 0 Å². The van der Waals surface area contributed by atoms with Gasteiger partial charge in [0.15, 0.2) is 9.66 Å². The van der Waals surface area contributed by atoms with E-state index in [1.165, 1.54) is 36.4 Å². The fourth-order valence-electron chi connectivity index (χ4n) is 2.54. The van der Waals surface area contributed by atoms with Gasteiger partial charge in [0.1, 0.15) is 21.5 Å². The van der Waals surface area contributed by atoms with Gasteiger partial charge in [-0.1, -0.05) is 46.9 Å². The van der Waals surface area contributed by atoms with Crippen molar-refractivity contribution in [2.75, 3.05) is 0 Å². The lowest BCUT2D eigenvalue weighted by Gasteiger charge is -2.09. The average molecular weight is 462 g/mol. The van der Waals surface area contributed by atoms with Crippen molar-refractivity contribution < 1.29 is 35.8 Å². The zero-order valence-electron chi connectivity index (χ0n) is 14.4. The molecule has 0 unspecified atom stereocenters. The van der Waals surface area contributed by atoms with Crippen molar-refractivity contribution >= 4 is 32.3 Å². The molecule has 4 aromatic rings. The van der Waals surface area contributed by atoms with Crippen LogP contribution in [0, 0.1) is 0 Å². The molecule has 0 radical (unpaired) electrons. The summed E-state index contributed by atoms with van der Waals surface area (Å²) < 4.78 is 82.2. The Morgan fingerprint density at radius 3 is 1.40 bits per heavy atom. The van der Waals surface area contributed by atoms with E-state index in [9.17, 15) is 26.3 Å². The van der Waals surface area contributed by atoms with Gasteiger partial charge in [0, 0.05) is 11.1 Å². The maximum Gasteiger partial charge on any atom is 0.573 e. The zero-order valence-corrected chi connectivity index (χ0v) is 16.0. The summed E-state index contributed by atoms with van der Waals surface area (Å²) in [4.78, 5) is 9.77.